The summed E-state index contributed by atoms with van der Waals surface area (Å²) in [7, 11) is 0. The molecule has 3 N–H and O–H groups in total. The van der Waals surface area contributed by atoms with Crippen LogP contribution in [-0.4, -0.2) is 16.0 Å². The Morgan fingerprint density at radius 3 is 2.57 bits per heavy atom. The number of anilines is 1. The van der Waals surface area contributed by atoms with Gasteiger partial charge in [0.15, 0.2) is 0 Å². The van der Waals surface area contributed by atoms with E-state index < -0.39 is 0 Å². The molecule has 1 heterocycles. The highest BCUT2D eigenvalue weighted by Crippen LogP contribution is 2.21. The van der Waals surface area contributed by atoms with Gasteiger partial charge in [0.1, 0.15) is 4.99 Å². The van der Waals surface area contributed by atoms with Crippen LogP contribution in [0.2, 0.25) is 0 Å². The number of hydrogen-bond acceptors (Lipinski definition) is 3. The molecule has 0 aliphatic carbocycles. The molecule has 1 aromatic heterocycles. The Morgan fingerprint density at radius 2 is 1.95 bits per heavy atom. The normalized spacial score (nSPS) is 12.0. The fraction of sp³-hybridized carbons (Fsp3) is 0.294. The van der Waals surface area contributed by atoms with E-state index in [4.69, 9.17) is 18.0 Å². The molecule has 4 heteroatoms. The van der Waals surface area contributed by atoms with Crippen molar-refractivity contribution >= 4 is 22.9 Å². The van der Waals surface area contributed by atoms with Gasteiger partial charge >= 0.3 is 0 Å². The van der Waals surface area contributed by atoms with Gasteiger partial charge in [-0.1, -0.05) is 42.5 Å². The first kappa shape index (κ1) is 15.4. The van der Waals surface area contributed by atoms with Crippen molar-refractivity contribution in [2.45, 2.75) is 33.2 Å². The molecule has 0 aliphatic rings. The predicted molar refractivity (Wildman–Crippen MR) is 92.8 cm³/mol. The van der Waals surface area contributed by atoms with Gasteiger partial charge in [0.2, 0.25) is 0 Å². The van der Waals surface area contributed by atoms with Crippen LogP contribution in [0.3, 0.4) is 0 Å². The summed E-state index contributed by atoms with van der Waals surface area (Å²) >= 11 is 5.16. The number of benzene rings is 1. The van der Waals surface area contributed by atoms with Gasteiger partial charge in [0.25, 0.3) is 0 Å². The summed E-state index contributed by atoms with van der Waals surface area (Å²) in [5.41, 5.74) is 10.8. The van der Waals surface area contributed by atoms with Crippen LogP contribution in [0.5, 0.6) is 0 Å². The lowest BCUT2D eigenvalue weighted by Gasteiger charge is -2.19. The number of nitrogens with zero attached hydrogens (tertiary/aromatic N) is 1. The summed E-state index contributed by atoms with van der Waals surface area (Å²) in [5, 5.41) is 3.51. The molecule has 0 bridgehead atoms. The minimum Gasteiger partial charge on any atom is -0.389 e. The van der Waals surface area contributed by atoms with E-state index in [2.05, 4.69) is 41.5 Å². The molecule has 1 aromatic carbocycles. The van der Waals surface area contributed by atoms with E-state index in [1.54, 1.807) is 0 Å². The minimum atomic E-state index is 0.279. The zero-order valence-electron chi connectivity index (χ0n) is 12.7. The molecule has 0 aliphatic heterocycles. The number of nitrogens with one attached hydrogen (secondary N) is 1. The number of thiocarbonyl (C=S) groups is 1. The van der Waals surface area contributed by atoms with Crippen molar-refractivity contribution in [3.05, 3.63) is 58.9 Å². The molecule has 21 heavy (non-hydrogen) atoms. The highest BCUT2D eigenvalue weighted by Gasteiger charge is 2.13. The summed E-state index contributed by atoms with van der Waals surface area (Å²) in [5.74, 6) is 0. The Bertz CT molecular complexity index is 638. The number of rotatable bonds is 5. The monoisotopic (exact) mass is 299 g/mol. The molecule has 0 saturated carbocycles. The maximum atomic E-state index is 5.85. The van der Waals surface area contributed by atoms with Crippen molar-refractivity contribution in [1.29, 1.82) is 0 Å². The van der Waals surface area contributed by atoms with Crippen LogP contribution >= 0.6 is 12.2 Å². The fourth-order valence-corrected chi connectivity index (χ4v) is 2.80. The zero-order valence-corrected chi connectivity index (χ0v) is 13.5. The van der Waals surface area contributed by atoms with E-state index in [1.807, 2.05) is 26.0 Å². The summed E-state index contributed by atoms with van der Waals surface area (Å²) in [6, 6.07) is 12.7. The molecule has 0 radical (unpaired) electrons. The van der Waals surface area contributed by atoms with Crippen molar-refractivity contribution < 1.29 is 0 Å². The van der Waals surface area contributed by atoms with E-state index in [-0.39, 0.29) is 6.04 Å². The van der Waals surface area contributed by atoms with Gasteiger partial charge in [-0.2, -0.15) is 0 Å². The van der Waals surface area contributed by atoms with Gasteiger partial charge in [-0.05, 0) is 38.8 Å². The molecule has 2 aromatic rings. The highest BCUT2D eigenvalue weighted by molar-refractivity contribution is 7.80. The molecule has 110 valence electrons. The summed E-state index contributed by atoms with van der Waals surface area (Å²) in [6.45, 7) is 6.07. The van der Waals surface area contributed by atoms with Gasteiger partial charge < -0.3 is 11.1 Å². The Labute approximate surface area is 131 Å². The van der Waals surface area contributed by atoms with Gasteiger partial charge in [0, 0.05) is 23.1 Å². The van der Waals surface area contributed by atoms with E-state index in [0.717, 1.165) is 29.1 Å². The van der Waals surface area contributed by atoms with Crippen LogP contribution < -0.4 is 11.1 Å². The molecular weight excluding hydrogens is 278 g/mol. The van der Waals surface area contributed by atoms with Crippen molar-refractivity contribution in [3.8, 4) is 0 Å². The van der Waals surface area contributed by atoms with Crippen LogP contribution in [0.1, 0.15) is 29.4 Å². The molecule has 0 fully saturated rings. The molecule has 0 saturated heterocycles. The van der Waals surface area contributed by atoms with Crippen molar-refractivity contribution in [2.75, 3.05) is 5.32 Å². The Balaban J connectivity index is 2.20. The summed E-state index contributed by atoms with van der Waals surface area (Å²) < 4.78 is 0. The third-order valence-corrected chi connectivity index (χ3v) is 3.57. The number of aryl methyl sites for hydroxylation is 2. The minimum absolute atomic E-state index is 0.279. The molecule has 0 amide bonds. The first-order chi connectivity index (χ1) is 9.97. The van der Waals surface area contributed by atoms with Gasteiger partial charge in [-0.3, -0.25) is 4.98 Å². The maximum absolute atomic E-state index is 5.85. The number of aromatic nitrogens is 1. The van der Waals surface area contributed by atoms with Crippen LogP contribution in [0.15, 0.2) is 36.4 Å². The number of hydrogen-bond donors (Lipinski definition) is 2. The van der Waals surface area contributed by atoms with Crippen LogP contribution in [0, 0.1) is 13.8 Å². The van der Waals surface area contributed by atoms with Gasteiger partial charge in [0.05, 0.1) is 5.56 Å². The third kappa shape index (κ3) is 4.02. The second kappa shape index (κ2) is 6.68. The largest absolute Gasteiger partial charge is 0.389 e. The molecule has 2 rings (SSSR count). The highest BCUT2D eigenvalue weighted by atomic mass is 32.1. The Morgan fingerprint density at radius 1 is 1.29 bits per heavy atom. The maximum Gasteiger partial charge on any atom is 0.107 e. The lowest BCUT2D eigenvalue weighted by Crippen LogP contribution is -2.22. The SMILES string of the molecule is Cc1cc(NC(C)Cc2ccccc2)c(C(N)=S)c(C)n1. The quantitative estimate of drug-likeness (QED) is 0.831. The van der Waals surface area contributed by atoms with Crippen molar-refractivity contribution in [3.63, 3.8) is 0 Å². The smallest absolute Gasteiger partial charge is 0.107 e. The Kier molecular flexibility index (Phi) is 4.91. The molecule has 3 nitrogen and oxygen atoms in total. The lowest BCUT2D eigenvalue weighted by molar-refractivity contribution is 0.789. The first-order valence-corrected chi connectivity index (χ1v) is 7.46. The van der Waals surface area contributed by atoms with Crippen molar-refractivity contribution in [2.24, 2.45) is 5.73 Å². The van der Waals surface area contributed by atoms with Gasteiger partial charge in [-0.15, -0.1) is 0 Å². The average Bonchev–Trinajstić information content (AvgIpc) is 2.38. The molecule has 1 atom stereocenters. The van der Waals surface area contributed by atoms with Crippen LogP contribution in [-0.2, 0) is 6.42 Å². The van der Waals surface area contributed by atoms with Crippen molar-refractivity contribution in [1.82, 2.24) is 4.98 Å². The molecule has 0 spiro atoms. The summed E-state index contributed by atoms with van der Waals surface area (Å²) in [6.07, 6.45) is 0.942. The average molecular weight is 299 g/mol. The van der Waals surface area contributed by atoms with E-state index >= 15 is 0 Å². The number of nitrogens with two attached hydrogens (primary N) is 1. The standard InChI is InChI=1S/C17H21N3S/c1-11(9-14-7-5-4-6-8-14)20-15-10-12(2)19-13(3)16(15)17(18)21/h4-8,10-11H,9H2,1-3H3,(H2,18,21)(H,19,20). The lowest BCUT2D eigenvalue weighted by atomic mass is 10.1. The van der Waals surface area contributed by atoms with Crippen LogP contribution in [0.4, 0.5) is 5.69 Å². The Hall–Kier alpha value is -1.94. The molecule has 1 unspecified atom stereocenters. The van der Waals surface area contributed by atoms with E-state index in [0.29, 0.717) is 4.99 Å². The summed E-state index contributed by atoms with van der Waals surface area (Å²) in [4.78, 5) is 4.82. The van der Waals surface area contributed by atoms with Crippen LogP contribution in [0.25, 0.3) is 0 Å². The number of pyridine rings is 1. The first-order valence-electron chi connectivity index (χ1n) is 7.06. The zero-order chi connectivity index (χ0) is 15.4. The van der Waals surface area contributed by atoms with E-state index in [9.17, 15) is 0 Å². The van der Waals surface area contributed by atoms with E-state index in [1.165, 1.54) is 5.56 Å². The molecular formula is C17H21N3S. The predicted octanol–water partition coefficient (Wildman–Crippen LogP) is 3.38. The van der Waals surface area contributed by atoms with Gasteiger partial charge in [-0.25, -0.2) is 0 Å². The third-order valence-electron chi connectivity index (χ3n) is 3.36. The fourth-order valence-electron chi connectivity index (χ4n) is 2.54. The second-order valence-electron chi connectivity index (χ2n) is 5.37. The second-order valence-corrected chi connectivity index (χ2v) is 5.81. The topological polar surface area (TPSA) is 50.9 Å².